The summed E-state index contributed by atoms with van der Waals surface area (Å²) >= 11 is 1.57. The van der Waals surface area contributed by atoms with Gasteiger partial charge in [-0.25, -0.2) is 9.37 Å². The van der Waals surface area contributed by atoms with Gasteiger partial charge in [0.1, 0.15) is 10.9 Å². The second-order valence-electron chi connectivity index (χ2n) is 8.53. The molecule has 2 heterocycles. The van der Waals surface area contributed by atoms with Gasteiger partial charge in [-0.05, 0) is 52.3 Å². The van der Waals surface area contributed by atoms with Crippen LogP contribution in [-0.2, 0) is 25.6 Å². The van der Waals surface area contributed by atoms with Crippen molar-refractivity contribution >= 4 is 28.7 Å². The number of esters is 2. The van der Waals surface area contributed by atoms with E-state index in [-0.39, 0.29) is 29.3 Å². The number of hydrogen-bond acceptors (Lipinski definition) is 5. The molecule has 5 nitrogen and oxygen atoms in total. The van der Waals surface area contributed by atoms with Crippen LogP contribution in [0, 0.1) is 0 Å². The van der Waals surface area contributed by atoms with E-state index in [1.165, 1.54) is 0 Å². The summed E-state index contributed by atoms with van der Waals surface area (Å²) in [5.74, 6) is -0.337. The number of cyclic esters (lactones) is 1. The maximum absolute atomic E-state index is 12.8. The van der Waals surface area contributed by atoms with E-state index < -0.39 is 5.60 Å². The number of rotatable bonds is 4. The van der Waals surface area contributed by atoms with Crippen LogP contribution < -0.4 is 0 Å². The van der Waals surface area contributed by atoms with Crippen LogP contribution in [0.4, 0.5) is 0 Å². The molecule has 3 rings (SSSR count). The van der Waals surface area contributed by atoms with Gasteiger partial charge in [0.2, 0.25) is 5.04 Å². The normalized spacial score (nSPS) is 25.6. The summed E-state index contributed by atoms with van der Waals surface area (Å²) in [6, 6.07) is 9.78. The predicted molar refractivity (Wildman–Crippen MR) is 110 cm³/mol. The second kappa shape index (κ2) is 8.68. The summed E-state index contributed by atoms with van der Waals surface area (Å²) in [6.07, 6.45) is 3.17. The zero-order chi connectivity index (χ0) is 20.3. The van der Waals surface area contributed by atoms with Gasteiger partial charge < -0.3 is 9.47 Å². The quantitative estimate of drug-likeness (QED) is 0.562. The molecule has 0 N–H and O–H groups in total. The van der Waals surface area contributed by atoms with Gasteiger partial charge in [0.15, 0.2) is 6.54 Å². The first kappa shape index (κ1) is 20.9. The van der Waals surface area contributed by atoms with E-state index in [0.29, 0.717) is 13.0 Å². The van der Waals surface area contributed by atoms with Crippen LogP contribution in [0.3, 0.4) is 0 Å². The molecule has 1 saturated heterocycles. The van der Waals surface area contributed by atoms with E-state index in [1.807, 2.05) is 45.9 Å². The summed E-state index contributed by atoms with van der Waals surface area (Å²) in [5, 5.41) is 0.887. The predicted octanol–water partition coefficient (Wildman–Crippen LogP) is 3.93. The zero-order valence-corrected chi connectivity index (χ0v) is 18.0. The van der Waals surface area contributed by atoms with Crippen LogP contribution in [-0.4, -0.2) is 44.6 Å². The molecule has 0 bridgehead atoms. The number of benzene rings is 1. The molecule has 152 valence electrons. The number of carbonyl (C=O) groups is 2. The summed E-state index contributed by atoms with van der Waals surface area (Å²) in [7, 11) is 0. The SMILES string of the molecule is CC1CCC(SC2=[N+](Cc3ccccc3)C(C(=O)OC(C)(C)C)CC2)C(=O)O1. The van der Waals surface area contributed by atoms with Crippen molar-refractivity contribution in [1.82, 2.24) is 0 Å². The second-order valence-corrected chi connectivity index (χ2v) is 9.80. The van der Waals surface area contributed by atoms with Crippen molar-refractivity contribution in [3.8, 4) is 0 Å². The lowest BCUT2D eigenvalue weighted by Crippen LogP contribution is -2.38. The minimum absolute atomic E-state index is 0.00661. The Morgan fingerprint density at radius 2 is 1.93 bits per heavy atom. The van der Waals surface area contributed by atoms with E-state index in [1.54, 1.807) is 11.8 Å². The third-order valence-corrected chi connectivity index (χ3v) is 6.32. The number of nitrogens with zero attached hydrogens (tertiary/aromatic N) is 1. The average molecular weight is 405 g/mol. The Balaban J connectivity index is 1.83. The Morgan fingerprint density at radius 3 is 2.57 bits per heavy atom. The maximum Gasteiger partial charge on any atom is 0.375 e. The fraction of sp³-hybridized carbons (Fsp3) is 0.591. The smallest absolute Gasteiger partial charge is 0.375 e. The number of thioether (sulfide) groups is 1. The van der Waals surface area contributed by atoms with Crippen molar-refractivity contribution in [2.75, 3.05) is 0 Å². The van der Waals surface area contributed by atoms with Crippen molar-refractivity contribution in [2.24, 2.45) is 0 Å². The lowest BCUT2D eigenvalue weighted by atomic mass is 10.1. The highest BCUT2D eigenvalue weighted by molar-refractivity contribution is 8.14. The fourth-order valence-electron chi connectivity index (χ4n) is 3.56. The van der Waals surface area contributed by atoms with E-state index in [2.05, 4.69) is 16.7 Å². The molecule has 3 atom stereocenters. The van der Waals surface area contributed by atoms with Crippen molar-refractivity contribution in [3.05, 3.63) is 35.9 Å². The van der Waals surface area contributed by atoms with Crippen LogP contribution in [0.15, 0.2) is 30.3 Å². The molecule has 2 aliphatic heterocycles. The van der Waals surface area contributed by atoms with Crippen molar-refractivity contribution in [3.63, 3.8) is 0 Å². The van der Waals surface area contributed by atoms with Gasteiger partial charge in [-0.1, -0.05) is 30.3 Å². The van der Waals surface area contributed by atoms with E-state index >= 15 is 0 Å². The maximum atomic E-state index is 12.8. The molecule has 6 heteroatoms. The molecule has 2 aliphatic rings. The van der Waals surface area contributed by atoms with Gasteiger partial charge in [-0.3, -0.25) is 4.79 Å². The standard InChI is InChI=1S/C22H30NO4S/c1-15-10-12-18(21(25)26-15)28-19-13-11-17(20(24)27-22(2,3)4)23(19)14-16-8-6-5-7-9-16/h5-9,15,17-18H,10-14H2,1-4H3/q+1. The van der Waals surface area contributed by atoms with Gasteiger partial charge in [-0.15, -0.1) is 0 Å². The number of ether oxygens (including phenoxy) is 2. The lowest BCUT2D eigenvalue weighted by molar-refractivity contribution is -0.560. The fourth-order valence-corrected chi connectivity index (χ4v) is 4.86. The topological polar surface area (TPSA) is 55.6 Å². The Morgan fingerprint density at radius 1 is 1.21 bits per heavy atom. The largest absolute Gasteiger partial charge is 0.462 e. The monoisotopic (exact) mass is 404 g/mol. The molecule has 0 radical (unpaired) electrons. The Hall–Kier alpha value is -1.82. The molecule has 0 amide bonds. The number of hydrogen-bond donors (Lipinski definition) is 0. The third-order valence-electron chi connectivity index (χ3n) is 4.90. The van der Waals surface area contributed by atoms with Crippen LogP contribution in [0.1, 0.15) is 58.9 Å². The van der Waals surface area contributed by atoms with E-state index in [0.717, 1.165) is 29.9 Å². The van der Waals surface area contributed by atoms with Crippen LogP contribution >= 0.6 is 11.8 Å². The highest BCUT2D eigenvalue weighted by Gasteiger charge is 2.43. The Labute approximate surface area is 171 Å². The molecule has 3 unspecified atom stereocenters. The first-order valence-electron chi connectivity index (χ1n) is 9.99. The lowest BCUT2D eigenvalue weighted by Gasteiger charge is -2.24. The molecule has 0 spiro atoms. The Kier molecular flexibility index (Phi) is 6.48. The third kappa shape index (κ3) is 5.37. The van der Waals surface area contributed by atoms with E-state index in [9.17, 15) is 9.59 Å². The molecule has 28 heavy (non-hydrogen) atoms. The summed E-state index contributed by atoms with van der Waals surface area (Å²) in [6.45, 7) is 8.23. The van der Waals surface area contributed by atoms with E-state index in [4.69, 9.17) is 9.47 Å². The molecular weight excluding hydrogens is 374 g/mol. The first-order valence-corrected chi connectivity index (χ1v) is 10.9. The molecule has 0 aliphatic carbocycles. The minimum atomic E-state index is -0.519. The highest BCUT2D eigenvalue weighted by Crippen LogP contribution is 2.32. The molecule has 0 saturated carbocycles. The summed E-state index contributed by atoms with van der Waals surface area (Å²) < 4.78 is 13.2. The Bertz CT molecular complexity index is 754. The molecule has 1 aromatic rings. The van der Waals surface area contributed by atoms with Gasteiger partial charge in [0.05, 0.1) is 6.10 Å². The first-order chi connectivity index (χ1) is 13.2. The van der Waals surface area contributed by atoms with Gasteiger partial charge in [0, 0.05) is 18.4 Å². The van der Waals surface area contributed by atoms with Gasteiger partial charge in [-0.2, -0.15) is 0 Å². The van der Waals surface area contributed by atoms with Crippen LogP contribution in [0.5, 0.6) is 0 Å². The minimum Gasteiger partial charge on any atom is -0.462 e. The van der Waals surface area contributed by atoms with Gasteiger partial charge >= 0.3 is 11.9 Å². The van der Waals surface area contributed by atoms with Gasteiger partial charge in [0.25, 0.3) is 6.04 Å². The van der Waals surface area contributed by atoms with Crippen LogP contribution in [0.2, 0.25) is 0 Å². The van der Waals surface area contributed by atoms with Crippen molar-refractivity contribution in [1.29, 1.82) is 0 Å². The van der Waals surface area contributed by atoms with Crippen molar-refractivity contribution in [2.45, 2.75) is 82.9 Å². The molecule has 0 aromatic heterocycles. The molecule has 1 fully saturated rings. The van der Waals surface area contributed by atoms with Crippen LogP contribution in [0.25, 0.3) is 0 Å². The van der Waals surface area contributed by atoms with Crippen molar-refractivity contribution < 1.29 is 23.6 Å². The summed E-state index contributed by atoms with van der Waals surface area (Å²) in [4.78, 5) is 25.1. The number of carbonyl (C=O) groups excluding carboxylic acids is 2. The molecule has 1 aromatic carbocycles. The highest BCUT2D eigenvalue weighted by atomic mass is 32.2. The summed E-state index contributed by atoms with van der Waals surface area (Å²) in [5.41, 5.74) is 0.616. The zero-order valence-electron chi connectivity index (χ0n) is 17.1. The average Bonchev–Trinajstić information content (AvgIpc) is 2.99. The molecular formula is C22H30NO4S+.